The molecule has 16 heavy (non-hydrogen) atoms. The minimum absolute atomic E-state index is 0.0202. The summed E-state index contributed by atoms with van der Waals surface area (Å²) in [5.41, 5.74) is 0. The van der Waals surface area contributed by atoms with Gasteiger partial charge in [0.25, 0.3) is 10.0 Å². The van der Waals surface area contributed by atoms with Gasteiger partial charge in [-0.15, -0.1) is 0 Å². The largest absolute Gasteiger partial charge is 0.447 e. The van der Waals surface area contributed by atoms with Crippen molar-refractivity contribution in [3.8, 4) is 0 Å². The van der Waals surface area contributed by atoms with Gasteiger partial charge < -0.3 is 4.74 Å². The van der Waals surface area contributed by atoms with Gasteiger partial charge >= 0.3 is 6.09 Å². The molecule has 0 unspecified atom stereocenters. The molecule has 7 heteroatoms. The predicted octanol–water partition coefficient (Wildman–Crippen LogP) is 1.48. The van der Waals surface area contributed by atoms with E-state index in [0.29, 0.717) is 4.31 Å². The topological polar surface area (TPSA) is 63.7 Å². The molecule has 1 saturated heterocycles. The van der Waals surface area contributed by atoms with Gasteiger partial charge in [0.05, 0.1) is 11.6 Å². The summed E-state index contributed by atoms with van der Waals surface area (Å²) in [6, 6.07) is 5.96. The summed E-state index contributed by atoms with van der Waals surface area (Å²) in [6.07, 6.45) is -0.861. The molecule has 0 N–H and O–H groups in total. The maximum absolute atomic E-state index is 12.0. The van der Waals surface area contributed by atoms with Crippen molar-refractivity contribution in [3.63, 3.8) is 0 Å². The average Bonchev–Trinajstić information content (AvgIpc) is 2.65. The number of rotatable bonds is 2. The fourth-order valence-corrected chi connectivity index (χ4v) is 3.16. The van der Waals surface area contributed by atoms with Crippen LogP contribution >= 0.6 is 11.6 Å². The third-order valence-electron chi connectivity index (χ3n) is 2.13. The summed E-state index contributed by atoms with van der Waals surface area (Å²) in [4.78, 5) is 11.1. The number of benzene rings is 1. The summed E-state index contributed by atoms with van der Waals surface area (Å²) in [5.74, 6) is 0. The number of sulfonamides is 1. The second-order valence-electron chi connectivity index (χ2n) is 3.12. The van der Waals surface area contributed by atoms with Crippen LogP contribution in [0.3, 0.4) is 0 Å². The highest BCUT2D eigenvalue weighted by molar-refractivity contribution is 7.89. The normalized spacial score (nSPS) is 16.3. The highest BCUT2D eigenvalue weighted by atomic mass is 35.5. The third kappa shape index (κ3) is 1.74. The first-order chi connectivity index (χ1) is 7.53. The van der Waals surface area contributed by atoms with E-state index in [1.807, 2.05) is 0 Å². The van der Waals surface area contributed by atoms with Crippen LogP contribution in [0, 0.1) is 0 Å². The Labute approximate surface area is 97.6 Å². The Morgan fingerprint density at radius 2 is 2.00 bits per heavy atom. The van der Waals surface area contributed by atoms with Crippen molar-refractivity contribution < 1.29 is 17.9 Å². The number of hydrogen-bond donors (Lipinski definition) is 0. The summed E-state index contributed by atoms with van der Waals surface area (Å²) in [7, 11) is -3.89. The zero-order chi connectivity index (χ0) is 11.8. The van der Waals surface area contributed by atoms with E-state index in [4.69, 9.17) is 11.6 Å². The summed E-state index contributed by atoms with van der Waals surface area (Å²) in [6.45, 7) is 0.0922. The number of ether oxygens (including phenoxy) is 1. The molecular weight excluding hydrogens is 254 g/mol. The van der Waals surface area contributed by atoms with Gasteiger partial charge in [-0.2, -0.15) is 4.31 Å². The Morgan fingerprint density at radius 3 is 2.56 bits per heavy atom. The predicted molar refractivity (Wildman–Crippen MR) is 56.7 cm³/mol. The van der Waals surface area contributed by atoms with E-state index >= 15 is 0 Å². The molecule has 0 saturated carbocycles. The second kappa shape index (κ2) is 3.95. The van der Waals surface area contributed by atoms with E-state index < -0.39 is 16.1 Å². The molecule has 0 aliphatic carbocycles. The minimum Gasteiger partial charge on any atom is -0.447 e. The van der Waals surface area contributed by atoms with E-state index in [2.05, 4.69) is 4.74 Å². The number of hydrogen-bond acceptors (Lipinski definition) is 4. The lowest BCUT2D eigenvalue weighted by atomic mass is 10.4. The molecule has 0 atom stereocenters. The molecule has 0 bridgehead atoms. The van der Waals surface area contributed by atoms with Gasteiger partial charge in [0, 0.05) is 0 Å². The van der Waals surface area contributed by atoms with Crippen molar-refractivity contribution in [3.05, 3.63) is 29.3 Å². The van der Waals surface area contributed by atoms with Crippen molar-refractivity contribution in [1.29, 1.82) is 0 Å². The van der Waals surface area contributed by atoms with Crippen molar-refractivity contribution in [1.82, 2.24) is 4.31 Å². The lowest BCUT2D eigenvalue weighted by molar-refractivity contribution is 0.170. The molecule has 1 amide bonds. The number of amides is 1. The number of cyclic esters (lactones) is 1. The van der Waals surface area contributed by atoms with Gasteiger partial charge in [0.15, 0.2) is 0 Å². The van der Waals surface area contributed by atoms with Crippen LogP contribution in [-0.2, 0) is 14.8 Å². The summed E-state index contributed by atoms with van der Waals surface area (Å²) in [5, 5.41) is 0.0854. The molecule has 1 fully saturated rings. The fourth-order valence-electron chi connectivity index (χ4n) is 1.37. The maximum atomic E-state index is 12.0. The molecule has 1 aromatic rings. The molecule has 1 aliphatic rings. The zero-order valence-electron chi connectivity index (χ0n) is 8.09. The van der Waals surface area contributed by atoms with E-state index in [-0.39, 0.29) is 23.1 Å². The van der Waals surface area contributed by atoms with Crippen LogP contribution in [-0.4, -0.2) is 32.0 Å². The number of carbonyl (C=O) groups is 1. The van der Waals surface area contributed by atoms with E-state index in [1.54, 1.807) is 12.1 Å². The van der Waals surface area contributed by atoms with E-state index in [9.17, 15) is 13.2 Å². The Balaban J connectivity index is 2.47. The van der Waals surface area contributed by atoms with Crippen LogP contribution in [0.1, 0.15) is 0 Å². The highest BCUT2D eigenvalue weighted by Gasteiger charge is 2.35. The van der Waals surface area contributed by atoms with Crippen molar-refractivity contribution in [2.24, 2.45) is 0 Å². The molecule has 86 valence electrons. The summed E-state index contributed by atoms with van der Waals surface area (Å²) >= 11 is 5.78. The van der Waals surface area contributed by atoms with Gasteiger partial charge in [-0.1, -0.05) is 23.7 Å². The van der Waals surface area contributed by atoms with Crippen LogP contribution in [0.4, 0.5) is 4.79 Å². The smallest absolute Gasteiger partial charge is 0.424 e. The number of carbonyl (C=O) groups excluding carboxylic acids is 1. The quantitative estimate of drug-likeness (QED) is 0.809. The van der Waals surface area contributed by atoms with Crippen LogP contribution in [0.2, 0.25) is 5.02 Å². The van der Waals surface area contributed by atoms with E-state index in [0.717, 1.165) is 0 Å². The number of halogens is 1. The molecular formula is C9H8ClNO4S. The average molecular weight is 262 g/mol. The van der Waals surface area contributed by atoms with Crippen LogP contribution in [0.25, 0.3) is 0 Å². The minimum atomic E-state index is -3.89. The number of nitrogens with zero attached hydrogens (tertiary/aromatic N) is 1. The Kier molecular flexibility index (Phi) is 2.77. The molecule has 0 aromatic heterocycles. The molecule has 2 rings (SSSR count). The van der Waals surface area contributed by atoms with Crippen LogP contribution in [0.15, 0.2) is 29.2 Å². The molecule has 0 radical (unpaired) electrons. The van der Waals surface area contributed by atoms with Gasteiger partial charge in [-0.3, -0.25) is 0 Å². The Morgan fingerprint density at radius 1 is 1.31 bits per heavy atom. The van der Waals surface area contributed by atoms with Gasteiger partial charge in [0.1, 0.15) is 11.5 Å². The van der Waals surface area contributed by atoms with Crippen LogP contribution < -0.4 is 0 Å². The lowest BCUT2D eigenvalue weighted by Gasteiger charge is -2.14. The van der Waals surface area contributed by atoms with Gasteiger partial charge in [-0.25, -0.2) is 13.2 Å². The third-order valence-corrected chi connectivity index (χ3v) is 4.39. The SMILES string of the molecule is O=C1OCCN1S(=O)(=O)c1ccccc1Cl. The first-order valence-electron chi connectivity index (χ1n) is 4.47. The molecule has 1 aromatic carbocycles. The maximum Gasteiger partial charge on any atom is 0.424 e. The highest BCUT2D eigenvalue weighted by Crippen LogP contribution is 2.25. The summed E-state index contributed by atoms with van der Waals surface area (Å²) < 4.78 is 29.3. The molecule has 1 aliphatic heterocycles. The Hall–Kier alpha value is -1.27. The van der Waals surface area contributed by atoms with Gasteiger partial charge in [-0.05, 0) is 12.1 Å². The fraction of sp³-hybridized carbons (Fsp3) is 0.222. The standard InChI is InChI=1S/C9H8ClNO4S/c10-7-3-1-2-4-8(7)16(13,14)11-5-6-15-9(11)12/h1-4H,5-6H2. The molecule has 1 heterocycles. The lowest BCUT2D eigenvalue weighted by Crippen LogP contribution is -2.31. The molecule has 0 spiro atoms. The van der Waals surface area contributed by atoms with Crippen molar-refractivity contribution in [2.75, 3.05) is 13.2 Å². The van der Waals surface area contributed by atoms with Crippen molar-refractivity contribution >= 4 is 27.7 Å². The zero-order valence-corrected chi connectivity index (χ0v) is 9.66. The van der Waals surface area contributed by atoms with E-state index in [1.165, 1.54) is 12.1 Å². The second-order valence-corrected chi connectivity index (χ2v) is 5.36. The van der Waals surface area contributed by atoms with Crippen LogP contribution in [0.5, 0.6) is 0 Å². The molecule has 5 nitrogen and oxygen atoms in total. The first kappa shape index (κ1) is 11.2. The first-order valence-corrected chi connectivity index (χ1v) is 6.29. The Bertz CT molecular complexity index is 528. The van der Waals surface area contributed by atoms with Gasteiger partial charge in [0.2, 0.25) is 0 Å². The monoisotopic (exact) mass is 261 g/mol. The van der Waals surface area contributed by atoms with Crippen molar-refractivity contribution in [2.45, 2.75) is 4.90 Å².